The molecule has 0 heterocycles. The number of nitrogens with zero attached hydrogens (tertiary/aromatic N) is 2. The van der Waals surface area contributed by atoms with E-state index in [9.17, 15) is 17.6 Å². The maximum Gasteiger partial charge on any atom is 0.338 e. The van der Waals surface area contributed by atoms with Crippen molar-refractivity contribution in [3.8, 4) is 0 Å². The molecule has 0 fully saturated rings. The van der Waals surface area contributed by atoms with Crippen molar-refractivity contribution in [2.45, 2.75) is 11.3 Å². The molecule has 1 aromatic rings. The van der Waals surface area contributed by atoms with E-state index in [1.54, 1.807) is 0 Å². The topological polar surface area (TPSA) is 77.9 Å². The van der Waals surface area contributed by atoms with Crippen molar-refractivity contribution in [3.63, 3.8) is 0 Å². The second-order valence-electron chi connectivity index (χ2n) is 4.93. The van der Waals surface area contributed by atoms with Gasteiger partial charge in [-0.1, -0.05) is 0 Å². The Morgan fingerprint density at radius 2 is 1.86 bits per heavy atom. The van der Waals surface area contributed by atoms with E-state index in [4.69, 9.17) is 5.11 Å². The van der Waals surface area contributed by atoms with Gasteiger partial charge in [0.15, 0.2) is 0 Å². The Hall–Kier alpha value is -1.51. The number of carboxylic acids is 1. The van der Waals surface area contributed by atoms with Crippen molar-refractivity contribution >= 4 is 16.0 Å². The summed E-state index contributed by atoms with van der Waals surface area (Å²) in [4.78, 5) is 12.6. The van der Waals surface area contributed by atoms with Gasteiger partial charge in [-0.2, -0.15) is 0 Å². The Balaban J connectivity index is 2.97. The molecule has 0 bridgehead atoms. The highest BCUT2D eigenvalue weighted by molar-refractivity contribution is 7.89. The summed E-state index contributed by atoms with van der Waals surface area (Å²) in [5.41, 5.74) is -0.655. The molecule has 0 unspecified atom stereocenters. The predicted molar refractivity (Wildman–Crippen MR) is 76.3 cm³/mol. The van der Waals surface area contributed by atoms with Gasteiger partial charge in [0.1, 0.15) is 5.82 Å². The van der Waals surface area contributed by atoms with Crippen LogP contribution in [0.3, 0.4) is 0 Å². The molecule has 6 nitrogen and oxygen atoms in total. The molecule has 0 aromatic heterocycles. The molecule has 21 heavy (non-hydrogen) atoms. The van der Waals surface area contributed by atoms with Crippen LogP contribution in [-0.4, -0.2) is 62.9 Å². The van der Waals surface area contributed by atoms with E-state index in [1.165, 1.54) is 7.05 Å². The van der Waals surface area contributed by atoms with Crippen LogP contribution in [0.5, 0.6) is 0 Å². The minimum absolute atomic E-state index is 0.228. The van der Waals surface area contributed by atoms with Crippen LogP contribution in [-0.2, 0) is 10.0 Å². The third kappa shape index (κ3) is 4.48. The molecule has 0 aliphatic carbocycles. The normalized spacial score (nSPS) is 12.1. The number of carboxylic acid groups (broad SMARTS) is 1. The highest BCUT2D eigenvalue weighted by Gasteiger charge is 2.23. The van der Waals surface area contributed by atoms with Crippen LogP contribution >= 0.6 is 0 Å². The first-order valence-electron chi connectivity index (χ1n) is 6.30. The summed E-state index contributed by atoms with van der Waals surface area (Å²) in [6.45, 7) is 1.02. The van der Waals surface area contributed by atoms with Gasteiger partial charge in [-0.15, -0.1) is 0 Å². The molecule has 0 saturated carbocycles. The van der Waals surface area contributed by atoms with Crippen LogP contribution in [0.4, 0.5) is 4.39 Å². The summed E-state index contributed by atoms with van der Waals surface area (Å²) < 4.78 is 39.0. The standard InChI is InChI=1S/C13H19FN2O4S/c1-15(2)7-4-8-16(3)21(19,20)10-5-6-12(14)11(9-10)13(17)18/h5-6,9H,4,7-8H2,1-3H3,(H,17,18). The monoisotopic (exact) mass is 318 g/mol. The van der Waals surface area contributed by atoms with E-state index in [-0.39, 0.29) is 4.90 Å². The second-order valence-corrected chi connectivity index (χ2v) is 6.98. The Kier molecular flexibility index (Phi) is 5.82. The van der Waals surface area contributed by atoms with Gasteiger partial charge in [0, 0.05) is 13.6 Å². The van der Waals surface area contributed by atoms with Gasteiger partial charge in [-0.3, -0.25) is 0 Å². The maximum atomic E-state index is 13.3. The average molecular weight is 318 g/mol. The van der Waals surface area contributed by atoms with Crippen LogP contribution in [0.25, 0.3) is 0 Å². The maximum absolute atomic E-state index is 13.3. The molecule has 0 radical (unpaired) electrons. The van der Waals surface area contributed by atoms with Crippen molar-refractivity contribution in [1.82, 2.24) is 9.21 Å². The van der Waals surface area contributed by atoms with E-state index in [1.807, 2.05) is 19.0 Å². The molecule has 8 heteroatoms. The van der Waals surface area contributed by atoms with Gasteiger partial charge in [0.25, 0.3) is 0 Å². The van der Waals surface area contributed by atoms with Gasteiger partial charge < -0.3 is 10.0 Å². The first-order valence-corrected chi connectivity index (χ1v) is 7.74. The zero-order chi connectivity index (χ0) is 16.2. The van der Waals surface area contributed by atoms with E-state index >= 15 is 0 Å². The Bertz CT molecular complexity index is 617. The lowest BCUT2D eigenvalue weighted by Crippen LogP contribution is -2.30. The fourth-order valence-corrected chi connectivity index (χ4v) is 2.97. The number of sulfonamides is 1. The number of rotatable bonds is 7. The van der Waals surface area contributed by atoms with Crippen LogP contribution in [0, 0.1) is 5.82 Å². The van der Waals surface area contributed by atoms with Gasteiger partial charge in [-0.25, -0.2) is 21.9 Å². The lowest BCUT2D eigenvalue weighted by molar-refractivity contribution is 0.0691. The third-order valence-corrected chi connectivity index (χ3v) is 4.81. The van der Waals surface area contributed by atoms with Crippen LogP contribution in [0.15, 0.2) is 23.1 Å². The van der Waals surface area contributed by atoms with Crippen LogP contribution in [0.1, 0.15) is 16.8 Å². The molecule has 0 spiro atoms. The highest BCUT2D eigenvalue weighted by atomic mass is 32.2. The molecule has 1 rings (SSSR count). The second kappa shape index (κ2) is 6.97. The molecular formula is C13H19FN2O4S. The molecular weight excluding hydrogens is 299 g/mol. The zero-order valence-corrected chi connectivity index (χ0v) is 13.0. The lowest BCUT2D eigenvalue weighted by Gasteiger charge is -2.18. The van der Waals surface area contributed by atoms with E-state index in [0.29, 0.717) is 13.0 Å². The van der Waals surface area contributed by atoms with Gasteiger partial charge in [-0.05, 0) is 45.3 Å². The number of carbonyl (C=O) groups is 1. The summed E-state index contributed by atoms with van der Waals surface area (Å²) in [7, 11) is 1.35. The SMILES string of the molecule is CN(C)CCCN(C)S(=O)(=O)c1ccc(F)c(C(=O)O)c1. The van der Waals surface area contributed by atoms with Gasteiger partial charge >= 0.3 is 5.97 Å². The van der Waals surface area contributed by atoms with E-state index in [0.717, 1.165) is 29.0 Å². The summed E-state index contributed by atoms with van der Waals surface area (Å²) in [6, 6.07) is 2.76. The molecule has 0 saturated heterocycles. The number of hydrogen-bond donors (Lipinski definition) is 1. The Labute approximate surface area is 123 Å². The Morgan fingerprint density at radius 1 is 1.24 bits per heavy atom. The molecule has 118 valence electrons. The average Bonchev–Trinajstić information content (AvgIpc) is 2.37. The number of benzene rings is 1. The lowest BCUT2D eigenvalue weighted by atomic mass is 10.2. The molecule has 0 amide bonds. The quantitative estimate of drug-likeness (QED) is 0.814. The zero-order valence-electron chi connectivity index (χ0n) is 12.2. The van der Waals surface area contributed by atoms with Crippen molar-refractivity contribution in [2.75, 3.05) is 34.2 Å². The third-order valence-electron chi connectivity index (χ3n) is 2.95. The summed E-state index contributed by atoms with van der Waals surface area (Å²) in [6.07, 6.45) is 0.635. The number of halogens is 1. The molecule has 0 aliphatic heterocycles. The first kappa shape index (κ1) is 17.5. The van der Waals surface area contributed by atoms with E-state index in [2.05, 4.69) is 0 Å². The summed E-state index contributed by atoms with van der Waals surface area (Å²) in [5.74, 6) is -2.46. The minimum atomic E-state index is -3.82. The van der Waals surface area contributed by atoms with Gasteiger partial charge in [0.05, 0.1) is 10.5 Å². The van der Waals surface area contributed by atoms with Crippen molar-refractivity contribution in [1.29, 1.82) is 0 Å². The van der Waals surface area contributed by atoms with Crippen LogP contribution < -0.4 is 0 Å². The van der Waals surface area contributed by atoms with Crippen molar-refractivity contribution in [2.24, 2.45) is 0 Å². The van der Waals surface area contributed by atoms with Gasteiger partial charge in [0.2, 0.25) is 10.0 Å². The summed E-state index contributed by atoms with van der Waals surface area (Å²) in [5, 5.41) is 8.84. The molecule has 1 aromatic carbocycles. The largest absolute Gasteiger partial charge is 0.478 e. The molecule has 0 atom stereocenters. The summed E-state index contributed by atoms with van der Waals surface area (Å²) >= 11 is 0. The predicted octanol–water partition coefficient (Wildman–Crippen LogP) is 1.10. The highest BCUT2D eigenvalue weighted by Crippen LogP contribution is 2.18. The molecule has 1 N–H and O–H groups in total. The molecule has 0 aliphatic rings. The number of aromatic carboxylic acids is 1. The number of hydrogen-bond acceptors (Lipinski definition) is 4. The van der Waals surface area contributed by atoms with Crippen molar-refractivity contribution < 1.29 is 22.7 Å². The fourth-order valence-electron chi connectivity index (χ4n) is 1.74. The van der Waals surface area contributed by atoms with E-state index < -0.39 is 27.4 Å². The van der Waals surface area contributed by atoms with Crippen molar-refractivity contribution in [3.05, 3.63) is 29.6 Å². The fraction of sp³-hybridized carbons (Fsp3) is 0.462. The van der Waals surface area contributed by atoms with Crippen LogP contribution in [0.2, 0.25) is 0 Å². The minimum Gasteiger partial charge on any atom is -0.478 e. The smallest absolute Gasteiger partial charge is 0.338 e. The first-order chi connectivity index (χ1) is 9.66. The Morgan fingerprint density at radius 3 is 2.38 bits per heavy atom.